The second kappa shape index (κ2) is 8.62. The SMILES string of the molecule is CC(C)CCNC(=O)CCNc1ccc(C(C)C)cc1. The van der Waals surface area contributed by atoms with Gasteiger partial charge in [0.15, 0.2) is 0 Å². The van der Waals surface area contributed by atoms with Gasteiger partial charge in [0.2, 0.25) is 5.91 Å². The van der Waals surface area contributed by atoms with E-state index < -0.39 is 0 Å². The molecule has 0 bridgehead atoms. The van der Waals surface area contributed by atoms with Gasteiger partial charge in [-0.25, -0.2) is 0 Å². The number of carbonyl (C=O) groups excluding carboxylic acids is 1. The number of amides is 1. The van der Waals surface area contributed by atoms with Crippen molar-refractivity contribution in [2.24, 2.45) is 5.92 Å². The van der Waals surface area contributed by atoms with Crippen LogP contribution in [0.25, 0.3) is 0 Å². The smallest absolute Gasteiger partial charge is 0.221 e. The maximum atomic E-state index is 11.6. The highest BCUT2D eigenvalue weighted by Crippen LogP contribution is 2.16. The second-order valence-electron chi connectivity index (χ2n) is 5.99. The Morgan fingerprint density at radius 1 is 1.05 bits per heavy atom. The van der Waals surface area contributed by atoms with Crippen molar-refractivity contribution in [1.29, 1.82) is 0 Å². The molecular weight excluding hydrogens is 248 g/mol. The number of anilines is 1. The molecule has 0 saturated carbocycles. The average molecular weight is 276 g/mol. The highest BCUT2D eigenvalue weighted by atomic mass is 16.1. The molecule has 3 heteroatoms. The summed E-state index contributed by atoms with van der Waals surface area (Å²) in [6.45, 7) is 10.1. The molecule has 20 heavy (non-hydrogen) atoms. The predicted octanol–water partition coefficient (Wildman–Crippen LogP) is 3.77. The van der Waals surface area contributed by atoms with Gasteiger partial charge in [0.25, 0.3) is 0 Å². The summed E-state index contributed by atoms with van der Waals surface area (Å²) in [7, 11) is 0. The fourth-order valence-corrected chi connectivity index (χ4v) is 1.89. The van der Waals surface area contributed by atoms with Gasteiger partial charge in [-0.3, -0.25) is 4.79 Å². The molecule has 112 valence electrons. The van der Waals surface area contributed by atoms with Gasteiger partial charge in [0.1, 0.15) is 0 Å². The van der Waals surface area contributed by atoms with Crippen molar-refractivity contribution in [3.8, 4) is 0 Å². The Morgan fingerprint density at radius 3 is 2.25 bits per heavy atom. The van der Waals surface area contributed by atoms with Crippen LogP contribution in [0.1, 0.15) is 52.0 Å². The van der Waals surface area contributed by atoms with E-state index in [-0.39, 0.29) is 5.91 Å². The Bertz CT molecular complexity index is 396. The normalized spacial score (nSPS) is 10.9. The Morgan fingerprint density at radius 2 is 1.70 bits per heavy atom. The molecule has 2 N–H and O–H groups in total. The molecule has 3 nitrogen and oxygen atoms in total. The Labute approximate surface area is 123 Å². The lowest BCUT2D eigenvalue weighted by molar-refractivity contribution is -0.120. The average Bonchev–Trinajstić information content (AvgIpc) is 2.39. The number of carbonyl (C=O) groups is 1. The molecule has 0 aliphatic rings. The minimum Gasteiger partial charge on any atom is -0.385 e. The van der Waals surface area contributed by atoms with Crippen LogP contribution in [0.4, 0.5) is 5.69 Å². The van der Waals surface area contributed by atoms with Crippen LogP contribution in [-0.2, 0) is 4.79 Å². The minimum absolute atomic E-state index is 0.122. The zero-order valence-corrected chi connectivity index (χ0v) is 13.2. The van der Waals surface area contributed by atoms with Gasteiger partial charge >= 0.3 is 0 Å². The van der Waals surface area contributed by atoms with Gasteiger partial charge in [0.05, 0.1) is 0 Å². The first-order valence-corrected chi connectivity index (χ1v) is 7.59. The fourth-order valence-electron chi connectivity index (χ4n) is 1.89. The van der Waals surface area contributed by atoms with Gasteiger partial charge in [-0.05, 0) is 36.0 Å². The molecule has 0 aliphatic heterocycles. The zero-order valence-electron chi connectivity index (χ0n) is 13.2. The number of rotatable bonds is 8. The van der Waals surface area contributed by atoms with Gasteiger partial charge in [-0.15, -0.1) is 0 Å². The van der Waals surface area contributed by atoms with Crippen LogP contribution in [-0.4, -0.2) is 19.0 Å². The van der Waals surface area contributed by atoms with Crippen molar-refractivity contribution in [1.82, 2.24) is 5.32 Å². The Hall–Kier alpha value is -1.51. The van der Waals surface area contributed by atoms with Gasteiger partial charge < -0.3 is 10.6 Å². The number of hydrogen-bond acceptors (Lipinski definition) is 2. The predicted molar refractivity (Wildman–Crippen MR) is 86.1 cm³/mol. The standard InChI is InChI=1S/C17H28N2O/c1-13(2)9-11-19-17(20)10-12-18-16-7-5-15(6-8-16)14(3)4/h5-8,13-14,18H,9-12H2,1-4H3,(H,19,20). The van der Waals surface area contributed by atoms with Crippen molar-refractivity contribution >= 4 is 11.6 Å². The molecule has 0 saturated heterocycles. The van der Waals surface area contributed by atoms with Crippen LogP contribution in [0.3, 0.4) is 0 Å². The summed E-state index contributed by atoms with van der Waals surface area (Å²) in [6, 6.07) is 8.42. The maximum absolute atomic E-state index is 11.6. The first-order chi connectivity index (χ1) is 9.49. The molecular formula is C17H28N2O. The van der Waals surface area contributed by atoms with Crippen LogP contribution in [0.5, 0.6) is 0 Å². The summed E-state index contributed by atoms with van der Waals surface area (Å²) in [6.07, 6.45) is 1.56. The quantitative estimate of drug-likeness (QED) is 0.759. The molecule has 0 fully saturated rings. The molecule has 1 aromatic carbocycles. The summed E-state index contributed by atoms with van der Waals surface area (Å²) in [5, 5.41) is 6.23. The summed E-state index contributed by atoms with van der Waals surface area (Å²) in [4.78, 5) is 11.6. The van der Waals surface area contributed by atoms with E-state index in [0.29, 0.717) is 24.8 Å². The Kier molecular flexibility index (Phi) is 7.13. The van der Waals surface area contributed by atoms with Gasteiger partial charge in [-0.2, -0.15) is 0 Å². The third kappa shape index (κ3) is 6.60. The molecule has 1 amide bonds. The molecule has 0 aromatic heterocycles. The maximum Gasteiger partial charge on any atom is 0.221 e. The van der Waals surface area contributed by atoms with Crippen LogP contribution in [0, 0.1) is 5.92 Å². The second-order valence-corrected chi connectivity index (χ2v) is 5.99. The van der Waals surface area contributed by atoms with E-state index in [1.165, 1.54) is 5.56 Å². The largest absolute Gasteiger partial charge is 0.385 e. The lowest BCUT2D eigenvalue weighted by Crippen LogP contribution is -2.27. The molecule has 0 atom stereocenters. The van der Waals surface area contributed by atoms with Crippen molar-refractivity contribution in [2.75, 3.05) is 18.4 Å². The minimum atomic E-state index is 0.122. The highest BCUT2D eigenvalue weighted by Gasteiger charge is 2.02. The van der Waals surface area contributed by atoms with E-state index in [1.54, 1.807) is 0 Å². The van der Waals surface area contributed by atoms with Crippen molar-refractivity contribution in [3.63, 3.8) is 0 Å². The molecule has 0 heterocycles. The molecule has 1 aromatic rings. The summed E-state index contributed by atoms with van der Waals surface area (Å²) < 4.78 is 0. The van der Waals surface area contributed by atoms with Gasteiger partial charge in [-0.1, -0.05) is 39.8 Å². The van der Waals surface area contributed by atoms with Crippen molar-refractivity contribution in [3.05, 3.63) is 29.8 Å². The van der Waals surface area contributed by atoms with E-state index in [2.05, 4.69) is 62.6 Å². The van der Waals surface area contributed by atoms with E-state index >= 15 is 0 Å². The fraction of sp³-hybridized carbons (Fsp3) is 0.588. The highest BCUT2D eigenvalue weighted by molar-refractivity contribution is 5.76. The third-order valence-electron chi connectivity index (χ3n) is 3.30. The third-order valence-corrected chi connectivity index (χ3v) is 3.30. The zero-order chi connectivity index (χ0) is 15.0. The molecule has 0 aliphatic carbocycles. The van der Waals surface area contributed by atoms with Crippen LogP contribution < -0.4 is 10.6 Å². The van der Waals surface area contributed by atoms with Crippen molar-refractivity contribution < 1.29 is 4.79 Å². The lowest BCUT2D eigenvalue weighted by Gasteiger charge is -2.10. The van der Waals surface area contributed by atoms with Crippen LogP contribution in [0.2, 0.25) is 0 Å². The van der Waals surface area contributed by atoms with Crippen molar-refractivity contribution in [2.45, 2.75) is 46.5 Å². The van der Waals surface area contributed by atoms with E-state index in [0.717, 1.165) is 18.7 Å². The van der Waals surface area contributed by atoms with E-state index in [1.807, 2.05) is 0 Å². The van der Waals surface area contributed by atoms with Crippen LogP contribution in [0.15, 0.2) is 24.3 Å². The summed E-state index contributed by atoms with van der Waals surface area (Å²) in [5.41, 5.74) is 2.41. The molecule has 0 spiro atoms. The van der Waals surface area contributed by atoms with E-state index in [4.69, 9.17) is 0 Å². The first kappa shape index (κ1) is 16.5. The van der Waals surface area contributed by atoms with E-state index in [9.17, 15) is 4.79 Å². The molecule has 0 unspecified atom stereocenters. The summed E-state index contributed by atoms with van der Waals surface area (Å²) in [5.74, 6) is 1.31. The molecule has 1 rings (SSSR count). The lowest BCUT2D eigenvalue weighted by atomic mass is 10.0. The first-order valence-electron chi connectivity index (χ1n) is 7.59. The molecule has 0 radical (unpaired) electrons. The number of nitrogens with one attached hydrogen (secondary N) is 2. The monoisotopic (exact) mass is 276 g/mol. The topological polar surface area (TPSA) is 41.1 Å². The number of hydrogen-bond donors (Lipinski definition) is 2. The van der Waals surface area contributed by atoms with Crippen LogP contribution >= 0.6 is 0 Å². The van der Waals surface area contributed by atoms with Gasteiger partial charge in [0, 0.05) is 25.2 Å². The summed E-state index contributed by atoms with van der Waals surface area (Å²) >= 11 is 0. The number of benzene rings is 1. The Balaban J connectivity index is 2.21.